The Morgan fingerprint density at radius 2 is 1.97 bits per heavy atom. The first-order valence-corrected chi connectivity index (χ1v) is 10.6. The molecule has 1 aromatic carbocycles. The van der Waals surface area contributed by atoms with Crippen LogP contribution >= 0.6 is 0 Å². The van der Waals surface area contributed by atoms with E-state index in [9.17, 15) is 14.7 Å². The lowest BCUT2D eigenvalue weighted by atomic mass is 10.1. The molecule has 2 aromatic rings. The summed E-state index contributed by atoms with van der Waals surface area (Å²) in [5, 5.41) is 11.0. The summed E-state index contributed by atoms with van der Waals surface area (Å²) in [6.45, 7) is 8.42. The number of rotatable bonds is 7. The minimum Gasteiger partial charge on any atom is -0.508 e. The quantitative estimate of drug-likeness (QED) is 0.664. The highest BCUT2D eigenvalue weighted by atomic mass is 16.6. The van der Waals surface area contributed by atoms with Crippen LogP contribution in [0.5, 0.6) is 11.5 Å². The molecule has 1 heterocycles. The predicted octanol–water partition coefficient (Wildman–Crippen LogP) is 4.67. The number of anilines is 1. The number of unbranched alkanes of at least 4 members (excludes halogenated alkanes) is 1. The first-order chi connectivity index (χ1) is 14.1. The van der Waals surface area contributed by atoms with Crippen LogP contribution in [-0.4, -0.2) is 35.0 Å². The lowest BCUT2D eigenvalue weighted by Crippen LogP contribution is -2.38. The van der Waals surface area contributed by atoms with Crippen molar-refractivity contribution in [2.75, 3.05) is 18.6 Å². The maximum absolute atomic E-state index is 13.4. The predicted molar refractivity (Wildman–Crippen MR) is 118 cm³/mol. The minimum atomic E-state index is -0.675. The molecule has 0 unspecified atom stereocenters. The van der Waals surface area contributed by atoms with Crippen molar-refractivity contribution in [3.63, 3.8) is 0 Å². The molecule has 0 aliphatic heterocycles. The first-order valence-electron chi connectivity index (χ1n) is 10.6. The van der Waals surface area contributed by atoms with Crippen LogP contribution in [0.25, 0.3) is 10.8 Å². The van der Waals surface area contributed by atoms with Crippen molar-refractivity contribution in [2.45, 2.75) is 65.5 Å². The standard InChI is InChI=1S/C23H32N2O5/c1-6-7-12-29-19-18-13-16(26)10-11-17(18)21(27)25(14-15-8-9-15)20(19)24(5)22(28)30-23(2,3)4/h10-11,13,15,26H,6-9,12,14H2,1-5H3. The largest absolute Gasteiger partial charge is 0.508 e. The van der Waals surface area contributed by atoms with Gasteiger partial charge in [0.1, 0.15) is 11.4 Å². The van der Waals surface area contributed by atoms with Gasteiger partial charge in [-0.2, -0.15) is 0 Å². The van der Waals surface area contributed by atoms with Gasteiger partial charge in [-0.3, -0.25) is 14.3 Å². The average Bonchev–Trinajstić information content (AvgIpc) is 3.47. The van der Waals surface area contributed by atoms with E-state index in [0.29, 0.717) is 41.4 Å². The fourth-order valence-electron chi connectivity index (χ4n) is 3.33. The van der Waals surface area contributed by atoms with E-state index in [1.54, 1.807) is 38.5 Å². The smallest absolute Gasteiger partial charge is 0.415 e. The average molecular weight is 417 g/mol. The number of ether oxygens (including phenoxy) is 2. The van der Waals surface area contributed by atoms with E-state index in [-0.39, 0.29) is 11.3 Å². The van der Waals surface area contributed by atoms with Crippen LogP contribution in [0.2, 0.25) is 0 Å². The summed E-state index contributed by atoms with van der Waals surface area (Å²) >= 11 is 0. The maximum Gasteiger partial charge on any atom is 0.415 e. The Hall–Kier alpha value is -2.70. The summed E-state index contributed by atoms with van der Waals surface area (Å²) in [4.78, 5) is 27.6. The SMILES string of the molecule is CCCCOc1c(N(C)C(=O)OC(C)(C)C)n(CC2CC2)c(=O)c2ccc(O)cc12. The number of hydrogen-bond donors (Lipinski definition) is 1. The second-order valence-corrected chi connectivity index (χ2v) is 8.98. The van der Waals surface area contributed by atoms with Gasteiger partial charge < -0.3 is 14.6 Å². The van der Waals surface area contributed by atoms with Crippen LogP contribution in [0, 0.1) is 5.92 Å². The third kappa shape index (κ3) is 4.89. The van der Waals surface area contributed by atoms with Gasteiger partial charge in [-0.15, -0.1) is 0 Å². The molecule has 0 spiro atoms. The van der Waals surface area contributed by atoms with E-state index >= 15 is 0 Å². The van der Waals surface area contributed by atoms with E-state index in [2.05, 4.69) is 6.92 Å². The van der Waals surface area contributed by atoms with Crippen molar-refractivity contribution in [3.05, 3.63) is 28.6 Å². The van der Waals surface area contributed by atoms with Crippen molar-refractivity contribution >= 4 is 22.7 Å². The monoisotopic (exact) mass is 416 g/mol. The van der Waals surface area contributed by atoms with Crippen molar-refractivity contribution in [1.82, 2.24) is 4.57 Å². The van der Waals surface area contributed by atoms with Crippen molar-refractivity contribution in [2.24, 2.45) is 5.92 Å². The molecule has 1 saturated carbocycles. The van der Waals surface area contributed by atoms with Crippen LogP contribution in [0.15, 0.2) is 23.0 Å². The zero-order valence-corrected chi connectivity index (χ0v) is 18.5. The number of aromatic nitrogens is 1. The Labute approximate surface area is 177 Å². The van der Waals surface area contributed by atoms with E-state index in [1.807, 2.05) is 0 Å². The molecule has 0 radical (unpaired) electrons. The third-order valence-corrected chi connectivity index (χ3v) is 5.05. The molecule has 3 rings (SSSR count). The molecule has 1 fully saturated rings. The number of phenolic OH excluding ortho intramolecular Hbond substituents is 1. The van der Waals surface area contributed by atoms with Gasteiger partial charge >= 0.3 is 6.09 Å². The molecule has 0 atom stereocenters. The fourth-order valence-corrected chi connectivity index (χ4v) is 3.33. The van der Waals surface area contributed by atoms with Crippen molar-refractivity contribution in [1.29, 1.82) is 0 Å². The fraction of sp³-hybridized carbons (Fsp3) is 0.565. The minimum absolute atomic E-state index is 0.0352. The summed E-state index contributed by atoms with van der Waals surface area (Å²) in [5.41, 5.74) is -0.879. The number of fused-ring (bicyclic) bond motifs is 1. The molecule has 1 aromatic heterocycles. The summed E-state index contributed by atoms with van der Waals surface area (Å²) < 4.78 is 13.3. The third-order valence-electron chi connectivity index (χ3n) is 5.05. The number of nitrogens with zero attached hydrogens (tertiary/aromatic N) is 2. The summed E-state index contributed by atoms with van der Waals surface area (Å²) in [5.74, 6) is 1.23. The number of carbonyl (C=O) groups is 1. The van der Waals surface area contributed by atoms with Gasteiger partial charge in [0.2, 0.25) is 0 Å². The molecule has 30 heavy (non-hydrogen) atoms. The van der Waals surface area contributed by atoms with E-state index in [4.69, 9.17) is 9.47 Å². The zero-order chi connectivity index (χ0) is 22.1. The van der Waals surface area contributed by atoms with Gasteiger partial charge in [-0.05, 0) is 64.2 Å². The number of amides is 1. The number of pyridine rings is 1. The van der Waals surface area contributed by atoms with E-state index < -0.39 is 11.7 Å². The van der Waals surface area contributed by atoms with Gasteiger partial charge in [-0.1, -0.05) is 13.3 Å². The maximum atomic E-state index is 13.4. The molecule has 0 bridgehead atoms. The topological polar surface area (TPSA) is 81.0 Å². The Balaban J connectivity index is 2.22. The van der Waals surface area contributed by atoms with Crippen molar-refractivity contribution in [3.8, 4) is 11.5 Å². The highest BCUT2D eigenvalue weighted by Crippen LogP contribution is 2.39. The molecule has 7 heteroatoms. The van der Waals surface area contributed by atoms with Crippen molar-refractivity contribution < 1.29 is 19.4 Å². The number of carbonyl (C=O) groups excluding carboxylic acids is 1. The molecular weight excluding hydrogens is 384 g/mol. The highest BCUT2D eigenvalue weighted by Gasteiger charge is 2.31. The number of aromatic hydroxyl groups is 1. The van der Waals surface area contributed by atoms with Crippen LogP contribution < -0.4 is 15.2 Å². The number of hydrogen-bond acceptors (Lipinski definition) is 5. The van der Waals surface area contributed by atoms with E-state index in [0.717, 1.165) is 25.7 Å². The molecule has 1 aliphatic rings. The van der Waals surface area contributed by atoms with Gasteiger partial charge in [0.15, 0.2) is 11.6 Å². The van der Waals surface area contributed by atoms with E-state index in [1.165, 1.54) is 17.0 Å². The summed E-state index contributed by atoms with van der Waals surface area (Å²) in [6, 6.07) is 4.63. The zero-order valence-electron chi connectivity index (χ0n) is 18.5. The van der Waals surface area contributed by atoms with Gasteiger partial charge in [0.05, 0.1) is 12.0 Å². The van der Waals surface area contributed by atoms with Crippen LogP contribution in [0.3, 0.4) is 0 Å². The normalized spacial score (nSPS) is 14.0. The number of phenols is 1. The molecule has 1 aliphatic carbocycles. The second kappa shape index (κ2) is 8.58. The molecular formula is C23H32N2O5. The lowest BCUT2D eigenvalue weighted by molar-refractivity contribution is 0.0585. The molecule has 164 valence electrons. The Morgan fingerprint density at radius 3 is 2.57 bits per heavy atom. The van der Waals surface area contributed by atoms with Crippen LogP contribution in [-0.2, 0) is 11.3 Å². The number of benzene rings is 1. The second-order valence-electron chi connectivity index (χ2n) is 8.98. The van der Waals surface area contributed by atoms with Gasteiger partial charge in [0.25, 0.3) is 5.56 Å². The molecule has 1 amide bonds. The molecule has 1 N–H and O–H groups in total. The lowest BCUT2D eigenvalue weighted by Gasteiger charge is -2.28. The Bertz CT molecular complexity index is 986. The summed E-state index contributed by atoms with van der Waals surface area (Å²) in [6.07, 6.45) is 3.33. The van der Waals surface area contributed by atoms with Gasteiger partial charge in [-0.25, -0.2) is 4.79 Å². The molecule has 0 saturated heterocycles. The Morgan fingerprint density at radius 1 is 1.27 bits per heavy atom. The van der Waals surface area contributed by atoms with Crippen LogP contribution in [0.1, 0.15) is 53.4 Å². The molecule has 7 nitrogen and oxygen atoms in total. The van der Waals surface area contributed by atoms with Crippen LogP contribution in [0.4, 0.5) is 10.6 Å². The first kappa shape index (κ1) is 22.0. The van der Waals surface area contributed by atoms with Gasteiger partial charge in [0, 0.05) is 19.0 Å². The Kier molecular flexibility index (Phi) is 6.29. The summed E-state index contributed by atoms with van der Waals surface area (Å²) in [7, 11) is 1.59. The highest BCUT2D eigenvalue weighted by molar-refractivity contribution is 5.97.